The molecule has 9 heteroatoms. The Bertz CT molecular complexity index is 889. The number of hydrogen-bond acceptors (Lipinski definition) is 5. The first-order valence-electron chi connectivity index (χ1n) is 13.1. The number of nitrogens with one attached hydrogen (secondary N) is 3. The second-order valence-corrected chi connectivity index (χ2v) is 9.79. The van der Waals surface area contributed by atoms with Crippen LogP contribution in [0.5, 0.6) is 5.75 Å². The van der Waals surface area contributed by atoms with Crippen molar-refractivity contribution in [2.75, 3.05) is 26.7 Å². The van der Waals surface area contributed by atoms with E-state index >= 15 is 0 Å². The molecule has 4 amide bonds. The predicted molar refractivity (Wildman–Crippen MR) is 139 cm³/mol. The maximum Gasteiger partial charge on any atom is 0.255 e. The quantitative estimate of drug-likeness (QED) is 0.572. The Hall–Kier alpha value is -3.10. The lowest BCUT2D eigenvalue weighted by Gasteiger charge is -2.27. The van der Waals surface area contributed by atoms with Gasteiger partial charge in [0.2, 0.25) is 17.7 Å². The van der Waals surface area contributed by atoms with Gasteiger partial charge in [0, 0.05) is 20.1 Å². The molecule has 1 aliphatic heterocycles. The van der Waals surface area contributed by atoms with Gasteiger partial charge < -0.3 is 25.6 Å². The zero-order chi connectivity index (χ0) is 26.5. The maximum absolute atomic E-state index is 13.1. The molecule has 0 fully saturated rings. The molecular formula is C27H42N4O5. The first-order valence-corrected chi connectivity index (χ1v) is 13.1. The normalized spacial score (nSPS) is 20.9. The number of hydrogen-bond donors (Lipinski definition) is 3. The maximum atomic E-state index is 13.1. The topological polar surface area (TPSA) is 117 Å². The number of rotatable bonds is 5. The van der Waals surface area contributed by atoms with Gasteiger partial charge in [-0.05, 0) is 43.7 Å². The Morgan fingerprint density at radius 3 is 2.56 bits per heavy atom. The molecule has 200 valence electrons. The Labute approximate surface area is 214 Å². The molecule has 1 heterocycles. The van der Waals surface area contributed by atoms with Gasteiger partial charge in [0.25, 0.3) is 5.91 Å². The van der Waals surface area contributed by atoms with Crippen molar-refractivity contribution < 1.29 is 23.9 Å². The zero-order valence-electron chi connectivity index (χ0n) is 22.1. The molecule has 0 aliphatic carbocycles. The number of nitrogens with zero attached hydrogens (tertiary/aromatic N) is 1. The van der Waals surface area contributed by atoms with Crippen LogP contribution >= 0.6 is 0 Å². The summed E-state index contributed by atoms with van der Waals surface area (Å²) in [6.45, 7) is 7.38. The molecular weight excluding hydrogens is 460 g/mol. The summed E-state index contributed by atoms with van der Waals surface area (Å²) in [6.07, 6.45) is 4.47. The highest BCUT2D eigenvalue weighted by atomic mass is 16.5. The van der Waals surface area contributed by atoms with Gasteiger partial charge >= 0.3 is 0 Å². The second-order valence-electron chi connectivity index (χ2n) is 9.79. The van der Waals surface area contributed by atoms with Crippen LogP contribution in [0.4, 0.5) is 0 Å². The number of fused-ring (bicyclic) bond motifs is 1. The Balaban J connectivity index is 2.31. The summed E-state index contributed by atoms with van der Waals surface area (Å²) in [4.78, 5) is 53.8. The van der Waals surface area contributed by atoms with E-state index in [0.29, 0.717) is 43.9 Å². The third kappa shape index (κ3) is 9.51. The van der Waals surface area contributed by atoms with Crippen molar-refractivity contribution in [1.29, 1.82) is 0 Å². The summed E-state index contributed by atoms with van der Waals surface area (Å²) in [5.74, 6) is -0.930. The van der Waals surface area contributed by atoms with E-state index in [1.54, 1.807) is 36.2 Å². The number of ether oxygens (including phenoxy) is 1. The Morgan fingerprint density at radius 2 is 1.83 bits per heavy atom. The van der Waals surface area contributed by atoms with Crippen LogP contribution in [0.1, 0.15) is 76.1 Å². The van der Waals surface area contributed by atoms with Crippen LogP contribution < -0.4 is 20.7 Å². The highest BCUT2D eigenvalue weighted by Crippen LogP contribution is 2.19. The molecule has 0 saturated heterocycles. The monoisotopic (exact) mass is 502 g/mol. The molecule has 1 aromatic rings. The second kappa shape index (κ2) is 15.1. The van der Waals surface area contributed by atoms with Crippen LogP contribution in [0.2, 0.25) is 0 Å². The summed E-state index contributed by atoms with van der Waals surface area (Å²) in [5, 5.41) is 8.28. The van der Waals surface area contributed by atoms with Gasteiger partial charge in [0.1, 0.15) is 17.8 Å². The summed E-state index contributed by atoms with van der Waals surface area (Å²) >= 11 is 0. The van der Waals surface area contributed by atoms with Gasteiger partial charge in [-0.2, -0.15) is 0 Å². The molecule has 36 heavy (non-hydrogen) atoms. The highest BCUT2D eigenvalue weighted by molar-refractivity contribution is 6.01. The number of amides is 4. The van der Waals surface area contributed by atoms with E-state index in [-0.39, 0.29) is 18.2 Å². The Morgan fingerprint density at radius 1 is 1.11 bits per heavy atom. The van der Waals surface area contributed by atoms with Gasteiger partial charge in [0.15, 0.2) is 0 Å². The number of likely N-dealkylation sites (N-methyl/N-ethyl adjacent to an activating group) is 1. The third-order valence-electron chi connectivity index (χ3n) is 6.05. The van der Waals surface area contributed by atoms with E-state index in [1.165, 1.54) is 0 Å². The molecule has 0 radical (unpaired) electrons. The van der Waals surface area contributed by atoms with Crippen molar-refractivity contribution in [2.45, 2.75) is 77.8 Å². The summed E-state index contributed by atoms with van der Waals surface area (Å²) in [7, 11) is 1.75. The smallest absolute Gasteiger partial charge is 0.255 e. The largest absolute Gasteiger partial charge is 0.493 e. The summed E-state index contributed by atoms with van der Waals surface area (Å²) < 4.78 is 5.87. The van der Waals surface area contributed by atoms with E-state index in [2.05, 4.69) is 16.0 Å². The van der Waals surface area contributed by atoms with Crippen molar-refractivity contribution in [3.05, 3.63) is 29.8 Å². The lowest BCUT2D eigenvalue weighted by molar-refractivity contribution is -0.136. The minimum absolute atomic E-state index is 0.147. The molecule has 0 aromatic heterocycles. The van der Waals surface area contributed by atoms with Gasteiger partial charge in [0.05, 0.1) is 18.6 Å². The van der Waals surface area contributed by atoms with E-state index in [0.717, 1.165) is 25.7 Å². The first-order chi connectivity index (χ1) is 17.2. The fourth-order valence-electron chi connectivity index (χ4n) is 4.09. The summed E-state index contributed by atoms with van der Waals surface area (Å²) in [5.41, 5.74) is 0.307. The minimum atomic E-state index is -1.09. The number of benzene rings is 1. The Kier molecular flexibility index (Phi) is 12.2. The van der Waals surface area contributed by atoms with Gasteiger partial charge in [-0.25, -0.2) is 0 Å². The standard InChI is InChI=1S/C27H42N4O5/c1-5-14-28-26(34)21-18-24(32)29-22(17-19(2)3)27(35)31(4)15-10-6-7-11-16-36-23-13-9-8-12-20(23)25(33)30-21/h8-9,12-13,19,21-22H,5-7,10-11,14-18H2,1-4H3,(H,28,34)(H,29,32)(H,30,33)/t21-,22-/m0/s1. The van der Waals surface area contributed by atoms with Gasteiger partial charge in [-0.3, -0.25) is 19.2 Å². The van der Waals surface area contributed by atoms with Crippen molar-refractivity contribution in [2.24, 2.45) is 5.92 Å². The molecule has 9 nitrogen and oxygen atoms in total. The molecule has 0 bridgehead atoms. The number of carbonyl (C=O) groups is 4. The molecule has 0 unspecified atom stereocenters. The highest BCUT2D eigenvalue weighted by Gasteiger charge is 2.29. The van der Waals surface area contributed by atoms with Gasteiger partial charge in [-0.15, -0.1) is 0 Å². The van der Waals surface area contributed by atoms with Crippen molar-refractivity contribution in [3.8, 4) is 5.75 Å². The fraction of sp³-hybridized carbons (Fsp3) is 0.630. The van der Waals surface area contributed by atoms with Crippen LogP contribution in [-0.4, -0.2) is 67.4 Å². The molecule has 1 aliphatic rings. The lowest BCUT2D eigenvalue weighted by atomic mass is 10.0. The average Bonchev–Trinajstić information content (AvgIpc) is 2.84. The number of para-hydroxylation sites is 1. The lowest BCUT2D eigenvalue weighted by Crippen LogP contribution is -2.52. The first kappa shape index (κ1) is 29.1. The van der Waals surface area contributed by atoms with Crippen LogP contribution in [0.25, 0.3) is 0 Å². The average molecular weight is 503 g/mol. The SMILES string of the molecule is CCCNC(=O)[C@@H]1CC(=O)N[C@@H](CC(C)C)C(=O)N(C)CCCCCCOc2ccccc2C(=O)N1. The zero-order valence-corrected chi connectivity index (χ0v) is 22.1. The van der Waals surface area contributed by atoms with Crippen LogP contribution in [-0.2, 0) is 14.4 Å². The molecule has 0 saturated carbocycles. The van der Waals surface area contributed by atoms with Gasteiger partial charge in [-0.1, -0.05) is 45.7 Å². The third-order valence-corrected chi connectivity index (χ3v) is 6.05. The number of carbonyl (C=O) groups excluding carboxylic acids is 4. The van der Waals surface area contributed by atoms with Crippen molar-refractivity contribution in [1.82, 2.24) is 20.9 Å². The molecule has 3 N–H and O–H groups in total. The predicted octanol–water partition coefficient (Wildman–Crippen LogP) is 2.64. The fourth-order valence-corrected chi connectivity index (χ4v) is 4.09. The molecule has 2 atom stereocenters. The van der Waals surface area contributed by atoms with E-state index in [4.69, 9.17) is 4.74 Å². The van der Waals surface area contributed by atoms with Crippen LogP contribution in [0.15, 0.2) is 24.3 Å². The van der Waals surface area contributed by atoms with E-state index < -0.39 is 29.8 Å². The van der Waals surface area contributed by atoms with Crippen molar-refractivity contribution >= 4 is 23.6 Å². The molecule has 0 spiro atoms. The van der Waals surface area contributed by atoms with Crippen LogP contribution in [0, 0.1) is 5.92 Å². The van der Waals surface area contributed by atoms with Crippen LogP contribution in [0.3, 0.4) is 0 Å². The summed E-state index contributed by atoms with van der Waals surface area (Å²) in [6, 6.07) is 5.10. The minimum Gasteiger partial charge on any atom is -0.493 e. The van der Waals surface area contributed by atoms with Crippen molar-refractivity contribution in [3.63, 3.8) is 0 Å². The molecule has 1 aromatic carbocycles. The van der Waals surface area contributed by atoms with E-state index in [1.807, 2.05) is 20.8 Å². The van der Waals surface area contributed by atoms with E-state index in [9.17, 15) is 19.2 Å². The molecule has 2 rings (SSSR count).